The molecule has 78 valence electrons. The van der Waals surface area contributed by atoms with Gasteiger partial charge in [-0.2, -0.15) is 5.26 Å². The Balaban J connectivity index is 2.70. The highest BCUT2D eigenvalue weighted by molar-refractivity contribution is 5.95. The summed E-state index contributed by atoms with van der Waals surface area (Å²) < 4.78 is 0. The molecule has 0 heterocycles. The van der Waals surface area contributed by atoms with Crippen molar-refractivity contribution < 1.29 is 4.79 Å². The fraction of sp³-hybridized carbons (Fsp3) is 0.333. The van der Waals surface area contributed by atoms with Crippen LogP contribution in [0, 0.1) is 18.3 Å². The molecular formula is C12H14N2O. The van der Waals surface area contributed by atoms with Crippen molar-refractivity contribution in [3.8, 4) is 6.07 Å². The van der Waals surface area contributed by atoms with Gasteiger partial charge in [-0.05, 0) is 25.5 Å². The quantitative estimate of drug-likeness (QED) is 0.815. The first-order chi connectivity index (χ1) is 7.15. The van der Waals surface area contributed by atoms with Gasteiger partial charge in [-0.1, -0.05) is 18.2 Å². The monoisotopic (exact) mass is 202 g/mol. The maximum atomic E-state index is 11.7. The summed E-state index contributed by atoms with van der Waals surface area (Å²) in [5, 5.41) is 11.2. The van der Waals surface area contributed by atoms with E-state index in [0.29, 0.717) is 12.0 Å². The Labute approximate surface area is 89.7 Å². The van der Waals surface area contributed by atoms with E-state index < -0.39 is 0 Å². The molecule has 1 N–H and O–H groups in total. The number of aryl methyl sites for hydroxylation is 1. The number of carbonyl (C=O) groups excluding carboxylic acids is 1. The van der Waals surface area contributed by atoms with Gasteiger partial charge in [-0.15, -0.1) is 0 Å². The van der Waals surface area contributed by atoms with Crippen LogP contribution < -0.4 is 5.32 Å². The molecule has 0 bridgehead atoms. The van der Waals surface area contributed by atoms with Crippen molar-refractivity contribution in [2.45, 2.75) is 26.3 Å². The van der Waals surface area contributed by atoms with Gasteiger partial charge in [0, 0.05) is 11.6 Å². The van der Waals surface area contributed by atoms with E-state index in [0.717, 1.165) is 5.56 Å². The second-order valence-electron chi connectivity index (χ2n) is 3.55. The Morgan fingerprint density at radius 2 is 2.20 bits per heavy atom. The molecule has 1 amide bonds. The van der Waals surface area contributed by atoms with Gasteiger partial charge in [-0.25, -0.2) is 0 Å². The molecule has 0 saturated heterocycles. The van der Waals surface area contributed by atoms with Gasteiger partial charge in [0.05, 0.1) is 12.5 Å². The van der Waals surface area contributed by atoms with Crippen molar-refractivity contribution in [3.05, 3.63) is 35.4 Å². The zero-order chi connectivity index (χ0) is 11.3. The van der Waals surface area contributed by atoms with Gasteiger partial charge in [0.15, 0.2) is 0 Å². The minimum absolute atomic E-state index is 0.109. The molecule has 1 atom stereocenters. The van der Waals surface area contributed by atoms with Crippen molar-refractivity contribution >= 4 is 5.91 Å². The first-order valence-electron chi connectivity index (χ1n) is 4.88. The summed E-state index contributed by atoms with van der Waals surface area (Å²) in [5.74, 6) is -0.115. The summed E-state index contributed by atoms with van der Waals surface area (Å²) in [6.07, 6.45) is 0.331. The van der Waals surface area contributed by atoms with Gasteiger partial charge in [0.25, 0.3) is 5.91 Å². The Morgan fingerprint density at radius 1 is 1.53 bits per heavy atom. The van der Waals surface area contributed by atoms with Crippen molar-refractivity contribution in [2.24, 2.45) is 0 Å². The maximum Gasteiger partial charge on any atom is 0.251 e. The highest BCUT2D eigenvalue weighted by Crippen LogP contribution is 2.07. The number of nitriles is 1. The van der Waals surface area contributed by atoms with Crippen LogP contribution in [0.1, 0.15) is 29.3 Å². The molecule has 0 aliphatic rings. The summed E-state index contributed by atoms with van der Waals surface area (Å²) in [7, 11) is 0. The number of nitrogens with one attached hydrogen (secondary N) is 1. The molecule has 3 nitrogen and oxygen atoms in total. The van der Waals surface area contributed by atoms with E-state index in [4.69, 9.17) is 5.26 Å². The number of rotatable bonds is 3. The van der Waals surface area contributed by atoms with Gasteiger partial charge >= 0.3 is 0 Å². The highest BCUT2D eigenvalue weighted by Gasteiger charge is 2.10. The Bertz CT molecular complexity index is 393. The molecule has 0 aromatic heterocycles. The molecule has 1 aromatic rings. The average molecular weight is 202 g/mol. The SMILES string of the molecule is Cc1ccccc1C(=O)NC(C)CC#N. The first kappa shape index (κ1) is 11.3. The molecular weight excluding hydrogens is 188 g/mol. The lowest BCUT2D eigenvalue weighted by atomic mass is 10.1. The molecule has 0 aliphatic heterocycles. The van der Waals surface area contributed by atoms with E-state index in [1.807, 2.05) is 38.1 Å². The van der Waals surface area contributed by atoms with E-state index in [-0.39, 0.29) is 11.9 Å². The van der Waals surface area contributed by atoms with Crippen LogP contribution in [0.3, 0.4) is 0 Å². The number of amides is 1. The van der Waals surface area contributed by atoms with Gasteiger partial charge in [0.1, 0.15) is 0 Å². The molecule has 0 aliphatic carbocycles. The normalized spacial score (nSPS) is 11.5. The minimum atomic E-state index is -0.115. The summed E-state index contributed by atoms with van der Waals surface area (Å²) >= 11 is 0. The Morgan fingerprint density at radius 3 is 2.80 bits per heavy atom. The van der Waals surface area contributed by atoms with E-state index in [9.17, 15) is 4.79 Å². The Hall–Kier alpha value is -1.82. The van der Waals surface area contributed by atoms with E-state index in [1.54, 1.807) is 6.07 Å². The minimum Gasteiger partial charge on any atom is -0.349 e. The fourth-order valence-electron chi connectivity index (χ4n) is 1.32. The summed E-state index contributed by atoms with van der Waals surface area (Å²) in [5.41, 5.74) is 1.61. The maximum absolute atomic E-state index is 11.7. The van der Waals surface area contributed by atoms with Crippen molar-refractivity contribution in [1.29, 1.82) is 5.26 Å². The zero-order valence-corrected chi connectivity index (χ0v) is 8.95. The van der Waals surface area contributed by atoms with Crippen LogP contribution in [0.25, 0.3) is 0 Å². The van der Waals surface area contributed by atoms with Crippen LogP contribution in [0.2, 0.25) is 0 Å². The summed E-state index contributed by atoms with van der Waals surface area (Å²) in [6, 6.07) is 9.31. The Kier molecular flexibility index (Phi) is 3.87. The molecule has 1 aromatic carbocycles. The zero-order valence-electron chi connectivity index (χ0n) is 8.95. The number of nitrogens with zero attached hydrogens (tertiary/aromatic N) is 1. The predicted octanol–water partition coefficient (Wildman–Crippen LogP) is 2.03. The molecule has 15 heavy (non-hydrogen) atoms. The van der Waals surface area contributed by atoms with Crippen LogP contribution >= 0.6 is 0 Å². The molecule has 3 heteroatoms. The molecule has 1 unspecified atom stereocenters. The van der Waals surface area contributed by atoms with Crippen LogP contribution in [0.15, 0.2) is 24.3 Å². The fourth-order valence-corrected chi connectivity index (χ4v) is 1.32. The van der Waals surface area contributed by atoms with Gasteiger partial charge in [-0.3, -0.25) is 4.79 Å². The summed E-state index contributed by atoms with van der Waals surface area (Å²) in [6.45, 7) is 3.71. The third-order valence-electron chi connectivity index (χ3n) is 2.16. The lowest BCUT2D eigenvalue weighted by Gasteiger charge is -2.11. The van der Waals surface area contributed by atoms with Crippen molar-refractivity contribution in [2.75, 3.05) is 0 Å². The number of carbonyl (C=O) groups is 1. The highest BCUT2D eigenvalue weighted by atomic mass is 16.1. The largest absolute Gasteiger partial charge is 0.349 e. The number of hydrogen-bond donors (Lipinski definition) is 1. The second-order valence-corrected chi connectivity index (χ2v) is 3.55. The van der Waals surface area contributed by atoms with E-state index in [1.165, 1.54) is 0 Å². The average Bonchev–Trinajstić information content (AvgIpc) is 2.18. The van der Waals surface area contributed by atoms with Crippen molar-refractivity contribution in [3.63, 3.8) is 0 Å². The molecule has 0 saturated carbocycles. The van der Waals surface area contributed by atoms with Crippen molar-refractivity contribution in [1.82, 2.24) is 5.32 Å². The van der Waals surface area contributed by atoms with Gasteiger partial charge in [0.2, 0.25) is 0 Å². The third kappa shape index (κ3) is 3.10. The van der Waals surface area contributed by atoms with Crippen LogP contribution in [-0.2, 0) is 0 Å². The third-order valence-corrected chi connectivity index (χ3v) is 2.16. The van der Waals surface area contributed by atoms with E-state index in [2.05, 4.69) is 5.32 Å². The second kappa shape index (κ2) is 5.16. The number of hydrogen-bond acceptors (Lipinski definition) is 2. The number of benzene rings is 1. The molecule has 0 fully saturated rings. The lowest BCUT2D eigenvalue weighted by Crippen LogP contribution is -2.32. The first-order valence-corrected chi connectivity index (χ1v) is 4.88. The molecule has 1 rings (SSSR count). The van der Waals surface area contributed by atoms with Crippen LogP contribution in [0.4, 0.5) is 0 Å². The standard InChI is InChI=1S/C12H14N2O/c1-9-5-3-4-6-11(9)12(15)14-10(2)7-8-13/h3-6,10H,7H2,1-2H3,(H,14,15). The molecule has 0 spiro atoms. The van der Waals surface area contributed by atoms with Crippen LogP contribution in [0.5, 0.6) is 0 Å². The van der Waals surface area contributed by atoms with E-state index >= 15 is 0 Å². The van der Waals surface area contributed by atoms with Gasteiger partial charge < -0.3 is 5.32 Å². The topological polar surface area (TPSA) is 52.9 Å². The molecule has 0 radical (unpaired) electrons. The smallest absolute Gasteiger partial charge is 0.251 e. The van der Waals surface area contributed by atoms with Crippen LogP contribution in [-0.4, -0.2) is 11.9 Å². The predicted molar refractivity (Wildman–Crippen MR) is 58.3 cm³/mol. The summed E-state index contributed by atoms with van der Waals surface area (Å²) in [4.78, 5) is 11.7. The lowest BCUT2D eigenvalue weighted by molar-refractivity contribution is 0.0940.